The van der Waals surface area contributed by atoms with E-state index in [-0.39, 0.29) is 37.5 Å². The van der Waals surface area contributed by atoms with E-state index in [0.717, 1.165) is 17.2 Å². The first kappa shape index (κ1) is 25.8. The molecule has 2 aromatic carbocycles. The lowest BCUT2D eigenvalue weighted by atomic mass is 9.78. The predicted molar refractivity (Wildman–Crippen MR) is 146 cm³/mol. The van der Waals surface area contributed by atoms with Crippen molar-refractivity contribution in [3.05, 3.63) is 66.8 Å². The number of aliphatic hydroxyl groups excluding tert-OH is 1. The van der Waals surface area contributed by atoms with E-state index in [9.17, 15) is 19.5 Å². The van der Waals surface area contributed by atoms with E-state index in [1.165, 1.54) is 4.90 Å². The molecule has 0 aromatic heterocycles. The minimum atomic E-state index is -1.36. The van der Waals surface area contributed by atoms with Crippen LogP contribution in [-0.2, 0) is 23.9 Å². The number of hydrogen-bond donors (Lipinski definition) is 1. The first-order valence-electron chi connectivity index (χ1n) is 13.8. The van der Waals surface area contributed by atoms with Gasteiger partial charge in [-0.25, -0.2) is 0 Å². The lowest BCUT2D eigenvalue weighted by Crippen LogP contribution is -2.59. The molecule has 39 heavy (non-hydrogen) atoms. The van der Waals surface area contributed by atoms with E-state index < -0.39 is 41.6 Å². The fourth-order valence-corrected chi connectivity index (χ4v) is 6.75. The minimum absolute atomic E-state index is 0.132. The third-order valence-electron chi connectivity index (χ3n) is 8.65. The lowest BCUT2D eigenvalue weighted by molar-refractivity contribution is -0.155. The summed E-state index contributed by atoms with van der Waals surface area (Å²) in [5, 5.41) is 12.5. The van der Waals surface area contributed by atoms with Crippen molar-refractivity contribution >= 4 is 34.2 Å². The second kappa shape index (κ2) is 9.92. The average molecular weight is 531 g/mol. The Kier molecular flexibility index (Phi) is 6.55. The number of carbonyl (C=O) groups is 3. The third kappa shape index (κ3) is 4.00. The van der Waals surface area contributed by atoms with Crippen LogP contribution in [0.4, 0.5) is 5.69 Å². The lowest BCUT2D eigenvalue weighted by Gasteiger charge is -2.39. The number of esters is 1. The molecule has 4 aliphatic heterocycles. The molecule has 1 N–H and O–H groups in total. The minimum Gasteiger partial charge on any atom is -0.465 e. The van der Waals surface area contributed by atoms with Gasteiger partial charge in [-0.1, -0.05) is 68.5 Å². The van der Waals surface area contributed by atoms with Gasteiger partial charge < -0.3 is 24.4 Å². The van der Waals surface area contributed by atoms with E-state index in [1.807, 2.05) is 80.6 Å². The highest BCUT2D eigenvalue weighted by molar-refractivity contribution is 6.06. The molecule has 4 aliphatic rings. The van der Waals surface area contributed by atoms with Crippen LogP contribution in [-0.4, -0.2) is 71.3 Å². The highest BCUT2D eigenvalue weighted by atomic mass is 16.6. The number of ether oxygens (including phenoxy) is 2. The normalized spacial score (nSPS) is 32.2. The van der Waals surface area contributed by atoms with Crippen LogP contribution in [0.3, 0.4) is 0 Å². The van der Waals surface area contributed by atoms with Crippen LogP contribution in [0.15, 0.2) is 66.8 Å². The van der Waals surface area contributed by atoms with E-state index in [2.05, 4.69) is 0 Å². The Morgan fingerprint density at radius 2 is 1.85 bits per heavy atom. The van der Waals surface area contributed by atoms with Crippen molar-refractivity contribution in [3.63, 3.8) is 0 Å². The third-order valence-corrected chi connectivity index (χ3v) is 8.65. The van der Waals surface area contributed by atoms with Crippen molar-refractivity contribution in [1.29, 1.82) is 0 Å². The standard InChI is InChI=1S/C31H34N2O6/c1-19(2)23(18-34)33-27-29(36)32(22-13-12-20-9-5-6-10-21(20)17-22)15-8-14-31(27)26(28(33)35)25-24(39-31)11-4-3-7-16-38-30(25)37/h4-6,8-14,17,19,23-27,34H,3,7,15-16,18H2,1-2H3/b11-4-/t23-,24+,25-,26-,27?,31-/m0/s1. The van der Waals surface area contributed by atoms with Crippen molar-refractivity contribution in [2.24, 2.45) is 17.8 Å². The molecule has 1 unspecified atom stereocenters. The fourth-order valence-electron chi connectivity index (χ4n) is 6.75. The number of fused-ring (bicyclic) bond motifs is 3. The van der Waals surface area contributed by atoms with Gasteiger partial charge in [0.25, 0.3) is 5.91 Å². The van der Waals surface area contributed by atoms with Crippen molar-refractivity contribution in [3.8, 4) is 0 Å². The van der Waals surface area contributed by atoms with Gasteiger partial charge in [0.15, 0.2) is 0 Å². The van der Waals surface area contributed by atoms with Crippen molar-refractivity contribution < 1.29 is 29.0 Å². The van der Waals surface area contributed by atoms with Crippen LogP contribution in [0.5, 0.6) is 0 Å². The second-order valence-corrected chi connectivity index (χ2v) is 11.2. The highest BCUT2D eigenvalue weighted by Crippen LogP contribution is 2.54. The van der Waals surface area contributed by atoms with Crippen LogP contribution in [0, 0.1) is 17.8 Å². The summed E-state index contributed by atoms with van der Waals surface area (Å²) in [4.78, 5) is 45.4. The summed E-state index contributed by atoms with van der Waals surface area (Å²) in [6.45, 7) is 4.06. The molecule has 0 aliphatic carbocycles. The second-order valence-electron chi connectivity index (χ2n) is 11.2. The number of likely N-dealkylation sites (tertiary alicyclic amines) is 1. The Balaban J connectivity index is 1.49. The maximum atomic E-state index is 14.6. The molecular weight excluding hydrogens is 496 g/mol. The first-order valence-corrected chi connectivity index (χ1v) is 13.8. The quantitative estimate of drug-likeness (QED) is 0.482. The summed E-state index contributed by atoms with van der Waals surface area (Å²) in [7, 11) is 0. The molecule has 2 saturated heterocycles. The van der Waals surface area contributed by atoms with Gasteiger partial charge >= 0.3 is 5.97 Å². The number of benzene rings is 2. The highest BCUT2D eigenvalue weighted by Gasteiger charge is 2.72. The maximum Gasteiger partial charge on any atom is 0.312 e. The zero-order chi connectivity index (χ0) is 27.3. The Morgan fingerprint density at radius 3 is 2.62 bits per heavy atom. The molecule has 8 nitrogen and oxygen atoms in total. The van der Waals surface area contributed by atoms with Crippen molar-refractivity contribution in [1.82, 2.24) is 4.90 Å². The smallest absolute Gasteiger partial charge is 0.312 e. The molecule has 0 bridgehead atoms. The number of allylic oxidation sites excluding steroid dienone is 1. The zero-order valence-corrected chi connectivity index (χ0v) is 22.2. The number of rotatable bonds is 4. The van der Waals surface area contributed by atoms with Gasteiger partial charge in [-0.3, -0.25) is 14.4 Å². The molecule has 2 fully saturated rings. The Morgan fingerprint density at radius 1 is 1.05 bits per heavy atom. The number of anilines is 1. The number of carbonyl (C=O) groups excluding carboxylic acids is 3. The molecule has 2 aromatic rings. The summed E-state index contributed by atoms with van der Waals surface area (Å²) in [6, 6.07) is 12.1. The zero-order valence-electron chi connectivity index (χ0n) is 22.2. The SMILES string of the molecule is CC(C)[C@H](CO)N1C(=O)[C@@H]2[C@H]3C(=O)OCCC/C=C\[C@H]3O[C@@]23C=CCN(c2ccc4ccccc4c2)C(=O)C13. The molecule has 8 heteroatoms. The van der Waals surface area contributed by atoms with E-state index in [4.69, 9.17) is 9.47 Å². The molecule has 6 rings (SSSR count). The van der Waals surface area contributed by atoms with Crippen LogP contribution in [0.2, 0.25) is 0 Å². The summed E-state index contributed by atoms with van der Waals surface area (Å²) >= 11 is 0. The monoisotopic (exact) mass is 530 g/mol. The van der Waals surface area contributed by atoms with Crippen LogP contribution in [0.25, 0.3) is 10.8 Å². The van der Waals surface area contributed by atoms with Gasteiger partial charge in [0.1, 0.15) is 17.6 Å². The number of hydrogen-bond acceptors (Lipinski definition) is 6. The van der Waals surface area contributed by atoms with Crippen LogP contribution >= 0.6 is 0 Å². The summed E-state index contributed by atoms with van der Waals surface area (Å²) in [6.07, 6.45) is 8.21. The average Bonchev–Trinajstić information content (AvgIpc) is 3.34. The molecule has 4 heterocycles. The number of amides is 2. The van der Waals surface area contributed by atoms with Gasteiger partial charge in [0.2, 0.25) is 5.91 Å². The number of cyclic esters (lactones) is 1. The molecule has 1 spiro atoms. The van der Waals surface area contributed by atoms with E-state index in [1.54, 1.807) is 4.90 Å². The van der Waals surface area contributed by atoms with Gasteiger partial charge in [-0.2, -0.15) is 0 Å². The largest absolute Gasteiger partial charge is 0.465 e. The predicted octanol–water partition coefficient (Wildman–Crippen LogP) is 3.23. The fraction of sp³-hybridized carbons (Fsp3) is 0.452. The molecule has 6 atom stereocenters. The summed E-state index contributed by atoms with van der Waals surface area (Å²) < 4.78 is 12.2. The van der Waals surface area contributed by atoms with Gasteiger partial charge in [0, 0.05) is 12.2 Å². The molecule has 2 amide bonds. The van der Waals surface area contributed by atoms with Crippen molar-refractivity contribution in [2.75, 3.05) is 24.7 Å². The van der Waals surface area contributed by atoms with Crippen LogP contribution < -0.4 is 4.90 Å². The van der Waals surface area contributed by atoms with Gasteiger partial charge in [-0.05, 0) is 41.7 Å². The molecule has 204 valence electrons. The molecule has 0 radical (unpaired) electrons. The molecular formula is C31H34N2O6. The van der Waals surface area contributed by atoms with Gasteiger partial charge in [0.05, 0.1) is 31.3 Å². The topological polar surface area (TPSA) is 96.4 Å². The van der Waals surface area contributed by atoms with E-state index >= 15 is 0 Å². The Bertz CT molecular complexity index is 1370. The molecule has 0 saturated carbocycles. The summed E-state index contributed by atoms with van der Waals surface area (Å²) in [5.41, 5.74) is -0.652. The Hall–Kier alpha value is -3.49. The first-order chi connectivity index (χ1) is 18.9. The maximum absolute atomic E-state index is 14.6. The number of aliphatic hydroxyl groups is 1. The van der Waals surface area contributed by atoms with E-state index in [0.29, 0.717) is 12.1 Å². The summed E-state index contributed by atoms with van der Waals surface area (Å²) in [5.74, 6) is -3.09. The number of nitrogens with zero attached hydrogens (tertiary/aromatic N) is 2. The Labute approximate surface area is 227 Å². The van der Waals surface area contributed by atoms with Gasteiger partial charge in [-0.15, -0.1) is 0 Å². The van der Waals surface area contributed by atoms with Crippen LogP contribution in [0.1, 0.15) is 26.7 Å². The van der Waals surface area contributed by atoms with Crippen molar-refractivity contribution in [2.45, 2.75) is 50.5 Å².